The predicted molar refractivity (Wildman–Crippen MR) is 72.0 cm³/mol. The second-order valence-corrected chi connectivity index (χ2v) is 3.01. The molecule has 0 aliphatic heterocycles. The average molecular weight is 212 g/mol. The number of aliphatic hydroxyl groups is 1. The zero-order valence-electron chi connectivity index (χ0n) is 11.3. The van der Waals surface area contributed by atoms with Crippen LogP contribution in [0.1, 0.15) is 41.0 Å². The lowest BCUT2D eigenvalue weighted by atomic mass is 10.0. The van der Waals surface area contributed by atoms with Crippen molar-refractivity contribution in [3.8, 4) is 0 Å². The van der Waals surface area contributed by atoms with E-state index in [0.29, 0.717) is 5.92 Å². The third-order valence-corrected chi connectivity index (χ3v) is 1.78. The molecular weight excluding hydrogens is 184 g/mol. The van der Waals surface area contributed by atoms with Crippen LogP contribution in [0.4, 0.5) is 0 Å². The third-order valence-electron chi connectivity index (χ3n) is 1.78. The molecule has 0 radical (unpaired) electrons. The molecule has 0 saturated carbocycles. The maximum absolute atomic E-state index is 7.00. The Morgan fingerprint density at radius 2 is 1.67 bits per heavy atom. The summed E-state index contributed by atoms with van der Waals surface area (Å²) in [6.45, 7) is 18.1. The van der Waals surface area contributed by atoms with Gasteiger partial charge in [-0.05, 0) is 17.9 Å². The Kier molecular flexibility index (Phi) is 20.6. The van der Waals surface area contributed by atoms with Gasteiger partial charge < -0.3 is 5.11 Å². The molecule has 0 fully saturated rings. The maximum Gasteiger partial charge on any atom is 0.0319 e. The van der Waals surface area contributed by atoms with E-state index >= 15 is 0 Å². The van der Waals surface area contributed by atoms with Crippen LogP contribution in [0.15, 0.2) is 36.5 Å². The summed E-state index contributed by atoms with van der Waals surface area (Å²) in [5, 5.41) is 7.00. The Morgan fingerprint density at radius 1 is 1.27 bits per heavy atom. The molecule has 90 valence electrons. The summed E-state index contributed by atoms with van der Waals surface area (Å²) in [7, 11) is 1.00. The first-order chi connectivity index (χ1) is 7.11. The van der Waals surface area contributed by atoms with Gasteiger partial charge in [-0.2, -0.15) is 0 Å². The molecule has 0 aliphatic carbocycles. The van der Waals surface area contributed by atoms with Gasteiger partial charge in [-0.1, -0.05) is 65.5 Å². The minimum Gasteiger partial charge on any atom is -0.400 e. The smallest absolute Gasteiger partial charge is 0.0319 e. The van der Waals surface area contributed by atoms with Gasteiger partial charge in [0.1, 0.15) is 0 Å². The second kappa shape index (κ2) is 15.6. The summed E-state index contributed by atoms with van der Waals surface area (Å²) >= 11 is 0. The van der Waals surface area contributed by atoms with Gasteiger partial charge >= 0.3 is 0 Å². The molecule has 0 amide bonds. The van der Waals surface area contributed by atoms with Crippen molar-refractivity contribution in [2.75, 3.05) is 7.11 Å². The fourth-order valence-electron chi connectivity index (χ4n) is 0.710. The molecule has 15 heavy (non-hydrogen) atoms. The molecule has 0 aliphatic rings. The van der Waals surface area contributed by atoms with Gasteiger partial charge in [-0.25, -0.2) is 0 Å². The maximum atomic E-state index is 7.00. The zero-order valence-corrected chi connectivity index (χ0v) is 11.3. The Morgan fingerprint density at radius 3 is 1.87 bits per heavy atom. The van der Waals surface area contributed by atoms with Gasteiger partial charge in [0.25, 0.3) is 0 Å². The summed E-state index contributed by atoms with van der Waals surface area (Å²) < 4.78 is 0. The van der Waals surface area contributed by atoms with Crippen LogP contribution in [-0.2, 0) is 0 Å². The van der Waals surface area contributed by atoms with E-state index in [1.54, 1.807) is 0 Å². The normalized spacial score (nSPS) is 9.47. The number of hydrogen-bond donors (Lipinski definition) is 1. The van der Waals surface area contributed by atoms with Gasteiger partial charge in [0, 0.05) is 7.11 Å². The molecule has 0 atom stereocenters. The van der Waals surface area contributed by atoms with Gasteiger partial charge in [0.2, 0.25) is 0 Å². The van der Waals surface area contributed by atoms with Gasteiger partial charge in [0.15, 0.2) is 0 Å². The largest absolute Gasteiger partial charge is 0.400 e. The van der Waals surface area contributed by atoms with Gasteiger partial charge in [0.05, 0.1) is 0 Å². The lowest BCUT2D eigenvalue weighted by molar-refractivity contribution is 0.399. The summed E-state index contributed by atoms with van der Waals surface area (Å²) in [5.74, 6) is 0.538. The number of rotatable bonds is 4. The molecule has 1 heteroatoms. The molecule has 1 N–H and O–H groups in total. The van der Waals surface area contributed by atoms with Crippen molar-refractivity contribution in [3.63, 3.8) is 0 Å². The van der Waals surface area contributed by atoms with Gasteiger partial charge in [-0.15, -0.1) is 0 Å². The quantitative estimate of drug-likeness (QED) is 0.687. The van der Waals surface area contributed by atoms with Crippen molar-refractivity contribution in [3.05, 3.63) is 36.5 Å². The number of hydrogen-bond acceptors (Lipinski definition) is 1. The van der Waals surface area contributed by atoms with Crippen LogP contribution in [0.25, 0.3) is 0 Å². The van der Waals surface area contributed by atoms with Crippen LogP contribution in [0.3, 0.4) is 0 Å². The van der Waals surface area contributed by atoms with Crippen LogP contribution in [-0.4, -0.2) is 12.2 Å². The van der Waals surface area contributed by atoms with E-state index in [4.69, 9.17) is 5.11 Å². The fourth-order valence-corrected chi connectivity index (χ4v) is 0.710. The minimum absolute atomic E-state index is 0.538. The van der Waals surface area contributed by atoms with Crippen LogP contribution < -0.4 is 0 Å². The Bertz CT molecular complexity index is 176. The average Bonchev–Trinajstić information content (AvgIpc) is 2.30. The van der Waals surface area contributed by atoms with Crippen molar-refractivity contribution < 1.29 is 5.11 Å². The van der Waals surface area contributed by atoms with Crippen molar-refractivity contribution in [2.24, 2.45) is 5.92 Å². The minimum atomic E-state index is 0.538. The third kappa shape index (κ3) is 13.2. The van der Waals surface area contributed by atoms with E-state index in [0.717, 1.165) is 13.5 Å². The van der Waals surface area contributed by atoms with E-state index in [1.807, 2.05) is 19.9 Å². The first-order valence-corrected chi connectivity index (χ1v) is 5.58. The monoisotopic (exact) mass is 212 g/mol. The Hall–Kier alpha value is -0.820. The summed E-state index contributed by atoms with van der Waals surface area (Å²) in [6.07, 6.45) is 5.06. The molecule has 0 saturated heterocycles. The molecule has 0 rings (SSSR count). The van der Waals surface area contributed by atoms with E-state index in [-0.39, 0.29) is 0 Å². The Labute approximate surface area is 96.2 Å². The van der Waals surface area contributed by atoms with Crippen molar-refractivity contribution in [1.29, 1.82) is 0 Å². The lowest BCUT2D eigenvalue weighted by Gasteiger charge is -2.04. The van der Waals surface area contributed by atoms with Crippen LogP contribution in [0.2, 0.25) is 0 Å². The zero-order chi connectivity index (χ0) is 12.9. The van der Waals surface area contributed by atoms with E-state index in [1.165, 1.54) is 11.1 Å². The molecule has 0 aromatic rings. The first kappa shape index (κ1) is 19.7. The van der Waals surface area contributed by atoms with E-state index < -0.39 is 0 Å². The SMILES string of the molecule is C=C/C(=C\C(=C)C(C)C)CC.CC.CO. The molecule has 1 nitrogen and oxygen atoms in total. The highest BCUT2D eigenvalue weighted by atomic mass is 16.2. The van der Waals surface area contributed by atoms with Crippen LogP contribution >= 0.6 is 0 Å². The standard InChI is InChI=1S/C11H18.C2H6.CH4O/c1-6-11(7-2)8-10(5)9(3)4;2*1-2/h6,8-9H,1,5,7H2,2-4H3;1-2H3;2H,1H3/b11-8+;;. The highest BCUT2D eigenvalue weighted by Crippen LogP contribution is 2.12. The molecule has 0 aromatic heterocycles. The second-order valence-electron chi connectivity index (χ2n) is 3.01. The summed E-state index contributed by atoms with van der Waals surface area (Å²) in [6, 6.07) is 0. The van der Waals surface area contributed by atoms with E-state index in [9.17, 15) is 0 Å². The molecule has 0 bridgehead atoms. The van der Waals surface area contributed by atoms with Crippen LogP contribution in [0, 0.1) is 5.92 Å². The molecule has 0 unspecified atom stereocenters. The molecule has 0 aromatic carbocycles. The topological polar surface area (TPSA) is 20.2 Å². The van der Waals surface area contributed by atoms with Crippen molar-refractivity contribution in [2.45, 2.75) is 41.0 Å². The highest BCUT2D eigenvalue weighted by molar-refractivity contribution is 5.27. The number of aliphatic hydroxyl groups excluding tert-OH is 1. The number of allylic oxidation sites excluding steroid dienone is 4. The summed E-state index contributed by atoms with van der Waals surface area (Å²) in [5.41, 5.74) is 2.45. The van der Waals surface area contributed by atoms with E-state index in [2.05, 4.69) is 40.0 Å². The van der Waals surface area contributed by atoms with Crippen LogP contribution in [0.5, 0.6) is 0 Å². The van der Waals surface area contributed by atoms with Crippen molar-refractivity contribution in [1.82, 2.24) is 0 Å². The summed E-state index contributed by atoms with van der Waals surface area (Å²) in [4.78, 5) is 0. The Balaban J connectivity index is -0.000000318. The van der Waals surface area contributed by atoms with Crippen molar-refractivity contribution >= 4 is 0 Å². The first-order valence-electron chi connectivity index (χ1n) is 5.58. The molecule has 0 spiro atoms. The predicted octanol–water partition coefficient (Wildman–Crippen LogP) is 4.36. The fraction of sp³-hybridized carbons (Fsp3) is 0.571. The molecular formula is C14H28O. The molecule has 0 heterocycles. The highest BCUT2D eigenvalue weighted by Gasteiger charge is 1.96. The lowest BCUT2D eigenvalue weighted by Crippen LogP contribution is -1.89. The van der Waals surface area contributed by atoms with Gasteiger partial charge in [-0.3, -0.25) is 0 Å².